The maximum Gasteiger partial charge on any atom is 0.255 e. The van der Waals surface area contributed by atoms with Crippen LogP contribution in [0.2, 0.25) is 5.02 Å². The minimum atomic E-state index is -0.329. The monoisotopic (exact) mass is 287 g/mol. The quantitative estimate of drug-likeness (QED) is 0.593. The standard InChI is InChI=1S/C13H10ClN5O/c14-11-6-10(2-1-9(11)7-15)18-13(20)8-3-4-17-12(5-8)19-16/h1-6H,16H2,(H,17,19)(H,18,20). The van der Waals surface area contributed by atoms with Gasteiger partial charge in [-0.1, -0.05) is 11.6 Å². The molecule has 0 saturated heterocycles. The third-order valence-corrected chi connectivity index (χ3v) is 2.83. The van der Waals surface area contributed by atoms with Crippen molar-refractivity contribution in [1.29, 1.82) is 5.26 Å². The number of benzene rings is 1. The number of rotatable bonds is 3. The van der Waals surface area contributed by atoms with Crippen LogP contribution in [0.4, 0.5) is 11.5 Å². The van der Waals surface area contributed by atoms with Gasteiger partial charge in [-0.25, -0.2) is 10.8 Å². The van der Waals surface area contributed by atoms with Crippen LogP contribution < -0.4 is 16.6 Å². The average molecular weight is 288 g/mol. The minimum absolute atomic E-state index is 0.282. The lowest BCUT2D eigenvalue weighted by Gasteiger charge is -2.07. The van der Waals surface area contributed by atoms with E-state index < -0.39 is 0 Å². The molecule has 0 unspecified atom stereocenters. The second-order valence-corrected chi connectivity index (χ2v) is 4.24. The van der Waals surface area contributed by atoms with Crippen molar-refractivity contribution in [2.75, 3.05) is 10.7 Å². The molecule has 100 valence electrons. The highest BCUT2D eigenvalue weighted by Gasteiger charge is 2.08. The number of carbonyl (C=O) groups is 1. The SMILES string of the molecule is N#Cc1ccc(NC(=O)c2ccnc(NN)c2)cc1Cl. The molecule has 4 N–H and O–H groups in total. The van der Waals surface area contributed by atoms with Gasteiger partial charge >= 0.3 is 0 Å². The lowest BCUT2D eigenvalue weighted by Crippen LogP contribution is -2.14. The van der Waals surface area contributed by atoms with Crippen molar-refractivity contribution in [2.45, 2.75) is 0 Å². The first kappa shape index (κ1) is 13.8. The summed E-state index contributed by atoms with van der Waals surface area (Å²) in [5, 5.41) is 11.7. The highest BCUT2D eigenvalue weighted by Crippen LogP contribution is 2.20. The van der Waals surface area contributed by atoms with Crippen LogP contribution in [-0.4, -0.2) is 10.9 Å². The maximum absolute atomic E-state index is 12.0. The third kappa shape index (κ3) is 3.03. The molecule has 0 bridgehead atoms. The van der Waals surface area contributed by atoms with Crippen LogP contribution in [0.3, 0.4) is 0 Å². The van der Waals surface area contributed by atoms with E-state index in [4.69, 9.17) is 22.7 Å². The van der Waals surface area contributed by atoms with E-state index in [1.165, 1.54) is 24.4 Å². The Morgan fingerprint density at radius 2 is 2.15 bits per heavy atom. The van der Waals surface area contributed by atoms with Gasteiger partial charge in [-0.2, -0.15) is 5.26 Å². The molecule has 1 amide bonds. The summed E-state index contributed by atoms with van der Waals surface area (Å²) in [6, 6.07) is 9.68. The zero-order chi connectivity index (χ0) is 14.5. The summed E-state index contributed by atoms with van der Waals surface area (Å²) in [6.45, 7) is 0. The second kappa shape index (κ2) is 6.02. The maximum atomic E-state index is 12.0. The topological polar surface area (TPSA) is 104 Å². The van der Waals surface area contributed by atoms with Gasteiger partial charge in [0.2, 0.25) is 0 Å². The molecule has 1 aromatic carbocycles. The largest absolute Gasteiger partial charge is 0.322 e. The molecule has 6 nitrogen and oxygen atoms in total. The van der Waals surface area contributed by atoms with Gasteiger partial charge in [-0.3, -0.25) is 4.79 Å². The number of nitrogens with two attached hydrogens (primary N) is 1. The summed E-state index contributed by atoms with van der Waals surface area (Å²) in [4.78, 5) is 15.9. The van der Waals surface area contributed by atoms with Crippen LogP contribution in [0.1, 0.15) is 15.9 Å². The lowest BCUT2D eigenvalue weighted by molar-refractivity contribution is 0.102. The second-order valence-electron chi connectivity index (χ2n) is 3.83. The summed E-state index contributed by atoms with van der Waals surface area (Å²) in [6.07, 6.45) is 1.47. The van der Waals surface area contributed by atoms with Gasteiger partial charge < -0.3 is 10.7 Å². The first-order valence-electron chi connectivity index (χ1n) is 5.57. The fraction of sp³-hybridized carbons (Fsp3) is 0. The van der Waals surface area contributed by atoms with Crippen LogP contribution in [0.5, 0.6) is 0 Å². The summed E-state index contributed by atoms with van der Waals surface area (Å²) >= 11 is 5.90. The average Bonchev–Trinajstić information content (AvgIpc) is 2.47. The Morgan fingerprint density at radius 1 is 1.35 bits per heavy atom. The van der Waals surface area contributed by atoms with Gasteiger partial charge in [-0.05, 0) is 30.3 Å². The molecule has 0 aliphatic carbocycles. The van der Waals surface area contributed by atoms with Crippen molar-refractivity contribution in [2.24, 2.45) is 5.84 Å². The molecular formula is C13H10ClN5O. The van der Waals surface area contributed by atoms with Gasteiger partial charge in [0.25, 0.3) is 5.91 Å². The molecular weight excluding hydrogens is 278 g/mol. The molecule has 0 fully saturated rings. The van der Waals surface area contributed by atoms with Crippen molar-refractivity contribution in [1.82, 2.24) is 4.98 Å². The molecule has 0 saturated carbocycles. The van der Waals surface area contributed by atoms with Gasteiger partial charge in [0.1, 0.15) is 11.9 Å². The number of carbonyl (C=O) groups excluding carboxylic acids is 1. The molecule has 0 aliphatic heterocycles. The van der Waals surface area contributed by atoms with Gasteiger partial charge in [-0.15, -0.1) is 0 Å². The van der Waals surface area contributed by atoms with Gasteiger partial charge in [0.05, 0.1) is 10.6 Å². The zero-order valence-electron chi connectivity index (χ0n) is 10.2. The van der Waals surface area contributed by atoms with Crippen LogP contribution >= 0.6 is 11.6 Å². The van der Waals surface area contributed by atoms with Crippen molar-refractivity contribution in [3.8, 4) is 6.07 Å². The molecule has 20 heavy (non-hydrogen) atoms. The Bertz CT molecular complexity index is 695. The number of hydrogen-bond acceptors (Lipinski definition) is 5. The summed E-state index contributed by atoms with van der Waals surface area (Å²) in [5.41, 5.74) is 3.61. The lowest BCUT2D eigenvalue weighted by atomic mass is 10.2. The molecule has 1 aromatic heterocycles. The molecule has 0 atom stereocenters. The number of halogens is 1. The van der Waals surface area contributed by atoms with Crippen molar-refractivity contribution in [3.05, 3.63) is 52.7 Å². The molecule has 2 aromatic rings. The third-order valence-electron chi connectivity index (χ3n) is 2.52. The molecule has 0 spiro atoms. The van der Waals surface area contributed by atoms with Crippen LogP contribution in [0, 0.1) is 11.3 Å². The van der Waals surface area contributed by atoms with Crippen molar-refractivity contribution >= 4 is 29.0 Å². The highest BCUT2D eigenvalue weighted by molar-refractivity contribution is 6.32. The highest BCUT2D eigenvalue weighted by atomic mass is 35.5. The molecule has 7 heteroatoms. The van der Waals surface area contributed by atoms with E-state index in [9.17, 15) is 4.79 Å². The molecule has 0 radical (unpaired) electrons. The summed E-state index contributed by atoms with van der Waals surface area (Å²) < 4.78 is 0. The van der Waals surface area contributed by atoms with E-state index >= 15 is 0 Å². The number of aromatic nitrogens is 1. The van der Waals surface area contributed by atoms with Crippen molar-refractivity contribution < 1.29 is 4.79 Å². The van der Waals surface area contributed by atoms with E-state index in [0.29, 0.717) is 22.6 Å². The van der Waals surface area contributed by atoms with E-state index in [1.807, 2.05) is 6.07 Å². The number of nitriles is 1. The number of nitrogens with one attached hydrogen (secondary N) is 2. The van der Waals surface area contributed by atoms with E-state index in [2.05, 4.69) is 15.7 Å². The number of hydrazine groups is 1. The zero-order valence-corrected chi connectivity index (χ0v) is 11.0. The molecule has 1 heterocycles. The number of pyridine rings is 1. The number of nitrogens with zero attached hydrogens (tertiary/aromatic N) is 2. The summed E-state index contributed by atoms with van der Waals surface area (Å²) in [7, 11) is 0. The van der Waals surface area contributed by atoms with Gasteiger partial charge in [0.15, 0.2) is 0 Å². The molecule has 2 rings (SSSR count). The Balaban J connectivity index is 2.19. The van der Waals surface area contributed by atoms with Gasteiger partial charge in [0, 0.05) is 17.4 Å². The first-order valence-corrected chi connectivity index (χ1v) is 5.95. The first-order chi connectivity index (χ1) is 9.63. The Morgan fingerprint density at radius 3 is 2.80 bits per heavy atom. The number of amides is 1. The normalized spacial score (nSPS) is 9.65. The number of hydrogen-bond donors (Lipinski definition) is 3. The van der Waals surface area contributed by atoms with Crippen LogP contribution in [-0.2, 0) is 0 Å². The van der Waals surface area contributed by atoms with Crippen LogP contribution in [0.25, 0.3) is 0 Å². The van der Waals surface area contributed by atoms with E-state index in [-0.39, 0.29) is 10.9 Å². The fourth-order valence-corrected chi connectivity index (χ4v) is 1.76. The Kier molecular flexibility index (Phi) is 4.15. The molecule has 0 aliphatic rings. The van der Waals surface area contributed by atoms with Crippen LogP contribution in [0.15, 0.2) is 36.5 Å². The predicted octanol–water partition coefficient (Wildman–Crippen LogP) is 2.14. The number of nitrogen functional groups attached to an aromatic ring is 1. The van der Waals surface area contributed by atoms with E-state index in [1.54, 1.807) is 12.1 Å². The van der Waals surface area contributed by atoms with E-state index in [0.717, 1.165) is 0 Å². The Labute approximate surface area is 120 Å². The minimum Gasteiger partial charge on any atom is -0.322 e. The Hall–Kier alpha value is -2.62. The smallest absolute Gasteiger partial charge is 0.255 e. The predicted molar refractivity (Wildman–Crippen MR) is 76.2 cm³/mol. The summed E-state index contributed by atoms with van der Waals surface area (Å²) in [5.74, 6) is 5.29. The van der Waals surface area contributed by atoms with Crippen molar-refractivity contribution in [3.63, 3.8) is 0 Å². The number of anilines is 2. The fourth-order valence-electron chi connectivity index (χ4n) is 1.54.